The molecule has 0 aliphatic carbocycles. The van der Waals surface area contributed by atoms with Gasteiger partial charge in [-0.25, -0.2) is 4.79 Å². The molecule has 2 aromatic rings. The SMILES string of the molecule is COC(=O)c1c(-c2ccc(C)cc2Cl)noc1C. The Hall–Kier alpha value is -1.81. The van der Waals surface area contributed by atoms with Gasteiger partial charge in [0.05, 0.1) is 12.1 Å². The minimum absolute atomic E-state index is 0.309. The van der Waals surface area contributed by atoms with Crippen molar-refractivity contribution in [3.8, 4) is 11.3 Å². The van der Waals surface area contributed by atoms with E-state index >= 15 is 0 Å². The molecule has 2 rings (SSSR count). The van der Waals surface area contributed by atoms with Crippen LogP contribution in [0.15, 0.2) is 22.7 Å². The van der Waals surface area contributed by atoms with Crippen molar-refractivity contribution in [3.63, 3.8) is 0 Å². The zero-order valence-corrected chi connectivity index (χ0v) is 11.0. The minimum atomic E-state index is -0.486. The summed E-state index contributed by atoms with van der Waals surface area (Å²) in [6, 6.07) is 5.51. The zero-order chi connectivity index (χ0) is 13.3. The summed E-state index contributed by atoms with van der Waals surface area (Å²) in [5.74, 6) is -0.0751. The first kappa shape index (κ1) is 12.6. The number of methoxy groups -OCH3 is 1. The van der Waals surface area contributed by atoms with Gasteiger partial charge in [0.25, 0.3) is 0 Å². The number of esters is 1. The van der Waals surface area contributed by atoms with E-state index in [1.54, 1.807) is 13.0 Å². The maximum absolute atomic E-state index is 11.7. The van der Waals surface area contributed by atoms with E-state index < -0.39 is 5.97 Å². The Morgan fingerprint density at radius 2 is 2.11 bits per heavy atom. The highest BCUT2D eigenvalue weighted by Crippen LogP contribution is 2.32. The van der Waals surface area contributed by atoms with Crippen LogP contribution in [0.1, 0.15) is 21.7 Å². The number of nitrogens with zero attached hydrogens (tertiary/aromatic N) is 1. The number of halogens is 1. The first-order valence-electron chi connectivity index (χ1n) is 5.35. The standard InChI is InChI=1S/C13H12ClNO3/c1-7-4-5-9(10(14)6-7)12-11(13(16)17-3)8(2)18-15-12/h4-6H,1-3H3. The lowest BCUT2D eigenvalue weighted by atomic mass is 10.0. The van der Waals surface area contributed by atoms with Crippen LogP contribution in [0.3, 0.4) is 0 Å². The van der Waals surface area contributed by atoms with Crippen LogP contribution >= 0.6 is 11.6 Å². The summed E-state index contributed by atoms with van der Waals surface area (Å²) in [6.07, 6.45) is 0. The van der Waals surface area contributed by atoms with E-state index in [4.69, 9.17) is 20.9 Å². The Morgan fingerprint density at radius 1 is 1.39 bits per heavy atom. The van der Waals surface area contributed by atoms with Crippen LogP contribution in [0.2, 0.25) is 5.02 Å². The Labute approximate surface area is 109 Å². The summed E-state index contributed by atoms with van der Waals surface area (Å²) < 4.78 is 9.77. The second kappa shape index (κ2) is 4.82. The predicted octanol–water partition coefficient (Wildman–Crippen LogP) is 3.40. The molecule has 0 amide bonds. The number of carbonyl (C=O) groups is 1. The van der Waals surface area contributed by atoms with Crippen molar-refractivity contribution < 1.29 is 14.1 Å². The Bertz CT molecular complexity index is 604. The summed E-state index contributed by atoms with van der Waals surface area (Å²) in [4.78, 5) is 11.7. The van der Waals surface area contributed by atoms with Crippen LogP contribution in [0.4, 0.5) is 0 Å². The van der Waals surface area contributed by atoms with Gasteiger partial charge in [-0.05, 0) is 25.5 Å². The van der Waals surface area contributed by atoms with Crippen molar-refractivity contribution in [1.29, 1.82) is 0 Å². The van der Waals surface area contributed by atoms with Crippen molar-refractivity contribution in [2.45, 2.75) is 13.8 Å². The number of hydrogen-bond donors (Lipinski definition) is 0. The Balaban J connectivity index is 2.61. The smallest absolute Gasteiger partial charge is 0.343 e. The van der Waals surface area contributed by atoms with Gasteiger partial charge in [-0.15, -0.1) is 0 Å². The number of carbonyl (C=O) groups excluding carboxylic acids is 1. The molecule has 0 bridgehead atoms. The molecule has 0 saturated carbocycles. The van der Waals surface area contributed by atoms with Gasteiger partial charge in [-0.2, -0.15) is 0 Å². The molecule has 0 saturated heterocycles. The molecule has 1 aromatic heterocycles. The van der Waals surface area contributed by atoms with Crippen molar-refractivity contribution in [3.05, 3.63) is 40.1 Å². The molecule has 5 heteroatoms. The van der Waals surface area contributed by atoms with E-state index in [9.17, 15) is 4.79 Å². The fourth-order valence-corrected chi connectivity index (χ4v) is 2.04. The van der Waals surface area contributed by atoms with Crippen LogP contribution in [0.5, 0.6) is 0 Å². The maximum atomic E-state index is 11.7. The van der Waals surface area contributed by atoms with Gasteiger partial charge in [0, 0.05) is 5.56 Å². The summed E-state index contributed by atoms with van der Waals surface area (Å²) in [5.41, 5.74) is 2.40. The van der Waals surface area contributed by atoms with Crippen molar-refractivity contribution >= 4 is 17.6 Å². The number of hydrogen-bond acceptors (Lipinski definition) is 4. The van der Waals surface area contributed by atoms with Crippen LogP contribution < -0.4 is 0 Å². The Morgan fingerprint density at radius 3 is 2.72 bits per heavy atom. The molecule has 18 heavy (non-hydrogen) atoms. The predicted molar refractivity (Wildman–Crippen MR) is 67.8 cm³/mol. The average molecular weight is 266 g/mol. The molecular weight excluding hydrogens is 254 g/mol. The molecule has 0 aliphatic rings. The molecule has 0 unspecified atom stereocenters. The highest BCUT2D eigenvalue weighted by atomic mass is 35.5. The second-order valence-corrected chi connectivity index (χ2v) is 4.34. The largest absolute Gasteiger partial charge is 0.465 e. The lowest BCUT2D eigenvalue weighted by Gasteiger charge is -2.04. The van der Waals surface area contributed by atoms with Gasteiger partial charge in [0.15, 0.2) is 0 Å². The lowest BCUT2D eigenvalue weighted by molar-refractivity contribution is 0.0599. The van der Waals surface area contributed by atoms with Crippen molar-refractivity contribution in [1.82, 2.24) is 5.16 Å². The van der Waals surface area contributed by atoms with Gasteiger partial charge in [0.2, 0.25) is 0 Å². The third-order valence-electron chi connectivity index (χ3n) is 2.63. The first-order valence-corrected chi connectivity index (χ1v) is 5.73. The van der Waals surface area contributed by atoms with Gasteiger partial charge >= 0.3 is 5.97 Å². The molecule has 4 nitrogen and oxygen atoms in total. The van der Waals surface area contributed by atoms with Crippen LogP contribution in [-0.2, 0) is 4.74 Å². The summed E-state index contributed by atoms with van der Waals surface area (Å²) in [6.45, 7) is 3.59. The minimum Gasteiger partial charge on any atom is -0.465 e. The zero-order valence-electron chi connectivity index (χ0n) is 10.3. The van der Waals surface area contributed by atoms with Gasteiger partial charge in [-0.1, -0.05) is 28.9 Å². The molecule has 94 valence electrons. The van der Waals surface area contributed by atoms with Crippen LogP contribution in [-0.4, -0.2) is 18.2 Å². The molecule has 0 spiro atoms. The van der Waals surface area contributed by atoms with Crippen LogP contribution in [0.25, 0.3) is 11.3 Å². The summed E-state index contributed by atoms with van der Waals surface area (Å²) in [7, 11) is 1.31. The van der Waals surface area contributed by atoms with E-state index in [1.165, 1.54) is 7.11 Å². The fraction of sp³-hybridized carbons (Fsp3) is 0.231. The Kier molecular flexibility index (Phi) is 3.39. The van der Waals surface area contributed by atoms with E-state index in [-0.39, 0.29) is 0 Å². The maximum Gasteiger partial charge on any atom is 0.343 e. The number of benzene rings is 1. The van der Waals surface area contributed by atoms with Crippen molar-refractivity contribution in [2.75, 3.05) is 7.11 Å². The summed E-state index contributed by atoms with van der Waals surface area (Å²) in [5, 5.41) is 4.41. The number of rotatable bonds is 2. The molecular formula is C13H12ClNO3. The van der Waals surface area contributed by atoms with Crippen molar-refractivity contribution in [2.24, 2.45) is 0 Å². The third-order valence-corrected chi connectivity index (χ3v) is 2.94. The van der Waals surface area contributed by atoms with Gasteiger partial charge in [-0.3, -0.25) is 0 Å². The molecule has 0 aliphatic heterocycles. The number of aryl methyl sites for hydroxylation is 2. The average Bonchev–Trinajstić information content (AvgIpc) is 2.70. The topological polar surface area (TPSA) is 52.3 Å². The fourth-order valence-electron chi connectivity index (χ4n) is 1.71. The first-order chi connectivity index (χ1) is 8.54. The molecule has 0 radical (unpaired) electrons. The third kappa shape index (κ3) is 2.11. The monoisotopic (exact) mass is 265 g/mol. The van der Waals surface area contributed by atoms with E-state index in [2.05, 4.69) is 5.16 Å². The summed E-state index contributed by atoms with van der Waals surface area (Å²) >= 11 is 6.16. The van der Waals surface area contributed by atoms with Gasteiger partial charge in [0.1, 0.15) is 17.0 Å². The van der Waals surface area contributed by atoms with E-state index in [0.29, 0.717) is 27.6 Å². The lowest BCUT2D eigenvalue weighted by Crippen LogP contribution is -2.03. The van der Waals surface area contributed by atoms with Gasteiger partial charge < -0.3 is 9.26 Å². The second-order valence-electron chi connectivity index (χ2n) is 3.94. The molecule has 0 atom stereocenters. The normalized spacial score (nSPS) is 10.4. The number of ether oxygens (including phenoxy) is 1. The van der Waals surface area contributed by atoms with E-state index in [1.807, 2.05) is 19.1 Å². The van der Waals surface area contributed by atoms with Crippen LogP contribution in [0, 0.1) is 13.8 Å². The molecule has 0 fully saturated rings. The molecule has 1 heterocycles. The number of aromatic nitrogens is 1. The highest BCUT2D eigenvalue weighted by molar-refractivity contribution is 6.33. The quantitative estimate of drug-likeness (QED) is 0.781. The highest BCUT2D eigenvalue weighted by Gasteiger charge is 2.23. The molecule has 1 aromatic carbocycles. The van der Waals surface area contributed by atoms with E-state index in [0.717, 1.165) is 5.56 Å². The molecule has 0 N–H and O–H groups in total.